The lowest BCUT2D eigenvalue weighted by Gasteiger charge is -2.33. The molecule has 29 heavy (non-hydrogen) atoms. The fraction of sp³-hybridized carbons (Fsp3) is 0.360. The van der Waals surface area contributed by atoms with E-state index in [4.69, 9.17) is 9.84 Å². The summed E-state index contributed by atoms with van der Waals surface area (Å²) in [5, 5.41) is 13.6. The number of fused-ring (bicyclic) bond motifs is 3. The standard InChI is InChI=1S/C25H29NO2S/c27-14-8-2-7-13-26-15-21-11-5-6-12-23(21)24-19-29-18-22(24)16-28-17-25(26)20-9-3-1-4-10-20/h1,3-6,9-12,18-19,25,27H,2,7-8,13-17H2/t25-/m0/s1. The van der Waals surface area contributed by atoms with E-state index in [1.54, 1.807) is 11.3 Å². The highest BCUT2D eigenvalue weighted by Crippen LogP contribution is 2.34. The molecule has 1 N–H and O–H groups in total. The molecular formula is C25H29NO2S. The van der Waals surface area contributed by atoms with Gasteiger partial charge in [-0.25, -0.2) is 0 Å². The van der Waals surface area contributed by atoms with E-state index in [1.165, 1.54) is 27.8 Å². The molecule has 3 nitrogen and oxygen atoms in total. The van der Waals surface area contributed by atoms with E-state index in [9.17, 15) is 0 Å². The normalized spacial score (nSPS) is 17.5. The van der Waals surface area contributed by atoms with E-state index in [1.807, 2.05) is 0 Å². The maximum absolute atomic E-state index is 9.15. The zero-order chi connectivity index (χ0) is 19.9. The Morgan fingerprint density at radius 1 is 0.897 bits per heavy atom. The predicted molar refractivity (Wildman–Crippen MR) is 120 cm³/mol. The molecular weight excluding hydrogens is 378 g/mol. The molecule has 0 fully saturated rings. The molecule has 1 atom stereocenters. The Balaban J connectivity index is 1.69. The summed E-state index contributed by atoms with van der Waals surface area (Å²) in [6.07, 6.45) is 3.00. The third-order valence-electron chi connectivity index (χ3n) is 5.68. The molecule has 0 saturated heterocycles. The van der Waals surface area contributed by atoms with Gasteiger partial charge in [0.15, 0.2) is 0 Å². The third kappa shape index (κ3) is 4.96. The number of unbranched alkanes of at least 4 members (excludes halogenated alkanes) is 2. The van der Waals surface area contributed by atoms with Gasteiger partial charge in [-0.15, -0.1) is 0 Å². The highest BCUT2D eigenvalue weighted by molar-refractivity contribution is 7.08. The minimum Gasteiger partial charge on any atom is -0.396 e. The zero-order valence-corrected chi connectivity index (χ0v) is 17.6. The molecule has 0 saturated carbocycles. The molecule has 0 aliphatic carbocycles. The van der Waals surface area contributed by atoms with Crippen LogP contribution in [0, 0.1) is 0 Å². The van der Waals surface area contributed by atoms with E-state index < -0.39 is 0 Å². The van der Waals surface area contributed by atoms with Gasteiger partial charge in [-0.05, 0) is 64.4 Å². The lowest BCUT2D eigenvalue weighted by atomic mass is 9.96. The first kappa shape index (κ1) is 20.3. The number of hydrogen-bond acceptors (Lipinski definition) is 4. The van der Waals surface area contributed by atoms with Crippen molar-refractivity contribution in [3.8, 4) is 11.1 Å². The summed E-state index contributed by atoms with van der Waals surface area (Å²) >= 11 is 1.75. The van der Waals surface area contributed by atoms with Gasteiger partial charge in [-0.1, -0.05) is 54.6 Å². The molecule has 2 heterocycles. The number of benzene rings is 2. The molecule has 1 aliphatic rings. The molecule has 0 radical (unpaired) electrons. The van der Waals surface area contributed by atoms with E-state index in [-0.39, 0.29) is 12.6 Å². The Morgan fingerprint density at radius 3 is 2.59 bits per heavy atom. The first-order chi connectivity index (χ1) is 14.4. The minimum atomic E-state index is 0.221. The monoisotopic (exact) mass is 407 g/mol. The number of aliphatic hydroxyl groups excluding tert-OH is 1. The molecule has 0 unspecified atom stereocenters. The molecule has 4 rings (SSSR count). The number of rotatable bonds is 6. The Bertz CT molecular complexity index is 893. The van der Waals surface area contributed by atoms with Gasteiger partial charge < -0.3 is 9.84 Å². The minimum absolute atomic E-state index is 0.221. The number of aliphatic hydroxyl groups is 1. The highest BCUT2D eigenvalue weighted by Gasteiger charge is 2.24. The SMILES string of the molecule is OCCCCCN1Cc2ccccc2-c2cscc2COC[C@H]1c1ccccc1. The second kappa shape index (κ2) is 10.2. The van der Waals surface area contributed by atoms with E-state index in [2.05, 4.69) is 70.3 Å². The van der Waals surface area contributed by atoms with Crippen LogP contribution in [0.1, 0.15) is 42.0 Å². The van der Waals surface area contributed by atoms with Gasteiger partial charge in [0.05, 0.1) is 19.3 Å². The average molecular weight is 408 g/mol. The lowest BCUT2D eigenvalue weighted by Crippen LogP contribution is -2.33. The first-order valence-electron chi connectivity index (χ1n) is 10.5. The topological polar surface area (TPSA) is 32.7 Å². The van der Waals surface area contributed by atoms with Crippen LogP contribution in [0.5, 0.6) is 0 Å². The van der Waals surface area contributed by atoms with Gasteiger partial charge >= 0.3 is 0 Å². The van der Waals surface area contributed by atoms with Crippen molar-refractivity contribution in [3.63, 3.8) is 0 Å². The maximum atomic E-state index is 9.15. The van der Waals surface area contributed by atoms with Crippen LogP contribution in [-0.4, -0.2) is 29.8 Å². The fourth-order valence-electron chi connectivity index (χ4n) is 4.13. The van der Waals surface area contributed by atoms with Gasteiger partial charge in [-0.3, -0.25) is 4.90 Å². The van der Waals surface area contributed by atoms with Crippen LogP contribution in [0.2, 0.25) is 0 Å². The quantitative estimate of drug-likeness (QED) is 0.536. The van der Waals surface area contributed by atoms with Gasteiger partial charge in [0, 0.05) is 13.2 Å². The van der Waals surface area contributed by atoms with Gasteiger partial charge in [0.2, 0.25) is 0 Å². The van der Waals surface area contributed by atoms with Crippen molar-refractivity contribution in [2.45, 2.75) is 38.5 Å². The maximum Gasteiger partial charge on any atom is 0.0731 e. The summed E-state index contributed by atoms with van der Waals surface area (Å²) in [6, 6.07) is 19.7. The van der Waals surface area contributed by atoms with Crippen molar-refractivity contribution < 1.29 is 9.84 Å². The Labute approximate surface area is 177 Å². The van der Waals surface area contributed by atoms with Gasteiger partial charge in [-0.2, -0.15) is 11.3 Å². The summed E-state index contributed by atoms with van der Waals surface area (Å²) < 4.78 is 6.26. The summed E-state index contributed by atoms with van der Waals surface area (Å²) in [5.41, 5.74) is 6.59. The van der Waals surface area contributed by atoms with E-state index >= 15 is 0 Å². The molecule has 1 aromatic heterocycles. The summed E-state index contributed by atoms with van der Waals surface area (Å²) in [4.78, 5) is 2.56. The van der Waals surface area contributed by atoms with Crippen molar-refractivity contribution in [1.82, 2.24) is 4.90 Å². The lowest BCUT2D eigenvalue weighted by molar-refractivity contribution is 0.0444. The van der Waals surface area contributed by atoms with E-state index in [0.29, 0.717) is 13.2 Å². The third-order valence-corrected chi connectivity index (χ3v) is 6.48. The molecule has 2 aromatic carbocycles. The second-order valence-corrected chi connectivity index (χ2v) is 8.41. The molecule has 3 aromatic rings. The number of thiophene rings is 1. The average Bonchev–Trinajstić information content (AvgIpc) is 3.23. The second-order valence-electron chi connectivity index (χ2n) is 7.66. The zero-order valence-electron chi connectivity index (χ0n) is 16.8. The summed E-state index contributed by atoms with van der Waals surface area (Å²) in [7, 11) is 0. The van der Waals surface area contributed by atoms with Crippen molar-refractivity contribution in [2.75, 3.05) is 19.8 Å². The van der Waals surface area contributed by atoms with Crippen LogP contribution in [0.3, 0.4) is 0 Å². The summed E-state index contributed by atoms with van der Waals surface area (Å²) in [5.74, 6) is 0. The summed E-state index contributed by atoms with van der Waals surface area (Å²) in [6.45, 7) is 3.49. The van der Waals surface area contributed by atoms with Crippen molar-refractivity contribution in [3.05, 3.63) is 82.0 Å². The molecule has 0 bridgehead atoms. The van der Waals surface area contributed by atoms with Gasteiger partial charge in [0.25, 0.3) is 0 Å². The van der Waals surface area contributed by atoms with E-state index in [0.717, 1.165) is 32.4 Å². The van der Waals surface area contributed by atoms with Crippen molar-refractivity contribution in [2.24, 2.45) is 0 Å². The number of ether oxygens (including phenoxy) is 1. The predicted octanol–water partition coefficient (Wildman–Crippen LogP) is 5.65. The number of hydrogen-bond donors (Lipinski definition) is 1. The Kier molecular flexibility index (Phi) is 7.12. The van der Waals surface area contributed by atoms with Crippen LogP contribution < -0.4 is 0 Å². The van der Waals surface area contributed by atoms with Crippen LogP contribution in [-0.2, 0) is 17.9 Å². The molecule has 0 spiro atoms. The van der Waals surface area contributed by atoms with Crippen molar-refractivity contribution >= 4 is 11.3 Å². The van der Waals surface area contributed by atoms with Crippen molar-refractivity contribution in [1.29, 1.82) is 0 Å². The van der Waals surface area contributed by atoms with Gasteiger partial charge in [0.1, 0.15) is 0 Å². The van der Waals surface area contributed by atoms with Crippen LogP contribution in [0.25, 0.3) is 11.1 Å². The Morgan fingerprint density at radius 2 is 1.72 bits per heavy atom. The van der Waals surface area contributed by atoms with Crippen LogP contribution >= 0.6 is 11.3 Å². The fourth-order valence-corrected chi connectivity index (χ4v) is 4.97. The molecule has 1 aliphatic heterocycles. The highest BCUT2D eigenvalue weighted by atomic mass is 32.1. The Hall–Kier alpha value is -1.98. The van der Waals surface area contributed by atoms with Crippen LogP contribution in [0.4, 0.5) is 0 Å². The van der Waals surface area contributed by atoms with Crippen LogP contribution in [0.15, 0.2) is 65.4 Å². The molecule has 4 heteroatoms. The largest absolute Gasteiger partial charge is 0.396 e. The smallest absolute Gasteiger partial charge is 0.0731 e. The molecule has 0 amide bonds. The molecule has 152 valence electrons. The number of nitrogens with zero attached hydrogens (tertiary/aromatic N) is 1. The first-order valence-corrected chi connectivity index (χ1v) is 11.4.